The third kappa shape index (κ3) is 4.34. The van der Waals surface area contributed by atoms with E-state index in [-0.39, 0.29) is 0 Å². The van der Waals surface area contributed by atoms with Gasteiger partial charge < -0.3 is 0 Å². The van der Waals surface area contributed by atoms with Crippen molar-refractivity contribution in [3.63, 3.8) is 0 Å². The SMILES string of the molecule is CCCCCCc1csc2c1sc1c3sc4c(CCCCCC)csc4c3p(-c3ccccc3)c21. The van der Waals surface area contributed by atoms with E-state index in [1.54, 1.807) is 49.6 Å². The Labute approximate surface area is 225 Å². The lowest BCUT2D eigenvalue weighted by Gasteiger charge is -2.02. The smallest absolute Gasteiger partial charge is 0.0589 e. The van der Waals surface area contributed by atoms with Crippen molar-refractivity contribution in [1.82, 2.24) is 0 Å². The number of aryl methyl sites for hydroxylation is 2. The quantitative estimate of drug-likeness (QED) is 0.140. The largest absolute Gasteiger partial charge is 0.142 e. The van der Waals surface area contributed by atoms with Crippen LogP contribution in [0.25, 0.3) is 43.7 Å². The average molecular weight is 553 g/mol. The van der Waals surface area contributed by atoms with Crippen LogP contribution in [0.1, 0.15) is 76.3 Å². The molecule has 0 unspecified atom stereocenters. The van der Waals surface area contributed by atoms with E-state index in [0.29, 0.717) is 0 Å². The summed E-state index contributed by atoms with van der Waals surface area (Å²) in [6.07, 6.45) is 13.2. The number of unbranched alkanes of at least 4 members (excludes halogenated alkanes) is 6. The van der Waals surface area contributed by atoms with Gasteiger partial charge >= 0.3 is 0 Å². The minimum Gasteiger partial charge on any atom is -0.142 e. The molecule has 1 aromatic carbocycles. The van der Waals surface area contributed by atoms with Crippen molar-refractivity contribution >= 4 is 91.3 Å². The van der Waals surface area contributed by atoms with Crippen LogP contribution in [0.4, 0.5) is 0 Å². The minimum absolute atomic E-state index is 0.466. The van der Waals surface area contributed by atoms with Crippen molar-refractivity contribution in [2.75, 3.05) is 0 Å². The van der Waals surface area contributed by atoms with Gasteiger partial charge in [0.2, 0.25) is 0 Å². The molecule has 0 aliphatic heterocycles. The Balaban J connectivity index is 1.51. The summed E-state index contributed by atoms with van der Waals surface area (Å²) in [5, 5.41) is 9.84. The highest BCUT2D eigenvalue weighted by Crippen LogP contribution is 2.65. The maximum atomic E-state index is 2.48. The fourth-order valence-electron chi connectivity index (χ4n) is 5.31. The summed E-state index contributed by atoms with van der Waals surface area (Å²) in [7, 11) is -0.466. The van der Waals surface area contributed by atoms with E-state index < -0.39 is 7.53 Å². The zero-order chi connectivity index (χ0) is 23.8. The first kappa shape index (κ1) is 24.2. The van der Waals surface area contributed by atoms with Gasteiger partial charge in [-0.3, -0.25) is 0 Å². The van der Waals surface area contributed by atoms with E-state index in [2.05, 4.69) is 77.6 Å². The van der Waals surface area contributed by atoms with Crippen LogP contribution in [0.2, 0.25) is 0 Å². The van der Waals surface area contributed by atoms with Crippen LogP contribution in [0.15, 0.2) is 41.1 Å². The Morgan fingerprint density at radius 3 is 1.57 bits per heavy atom. The molecule has 0 amide bonds. The topological polar surface area (TPSA) is 0 Å². The van der Waals surface area contributed by atoms with E-state index in [0.717, 1.165) is 0 Å². The standard InChI is InChI=1S/C30H33PS4/c1-3-5-7-10-14-20-18-32-27-23-29(34-25(20)27)30-24(31(23)22-16-12-9-13-17-22)28-26(35-30)21(19-33-28)15-11-8-6-4-2/h9,12-13,16-19H,3-8,10-11,14-15H2,1-2H3. The molecule has 0 nitrogen and oxygen atoms in total. The fourth-order valence-corrected chi connectivity index (χ4v) is 14.9. The summed E-state index contributed by atoms with van der Waals surface area (Å²) in [6.45, 7) is 4.61. The molecule has 0 bridgehead atoms. The lowest BCUT2D eigenvalue weighted by Crippen LogP contribution is -1.82. The second-order valence-corrected chi connectivity index (χ2v) is 15.6. The van der Waals surface area contributed by atoms with Crippen LogP contribution < -0.4 is 0 Å². The molecule has 0 fully saturated rings. The van der Waals surface area contributed by atoms with Gasteiger partial charge in [-0.1, -0.05) is 90.2 Å². The van der Waals surface area contributed by atoms with Gasteiger partial charge in [-0.15, -0.1) is 45.3 Å². The lowest BCUT2D eigenvalue weighted by molar-refractivity contribution is 0.669. The Morgan fingerprint density at radius 1 is 0.571 bits per heavy atom. The van der Waals surface area contributed by atoms with Crippen LogP contribution >= 0.6 is 52.9 Å². The van der Waals surface area contributed by atoms with Gasteiger partial charge in [0.05, 0.1) is 18.8 Å². The van der Waals surface area contributed by atoms with Crippen LogP contribution in [-0.2, 0) is 12.8 Å². The molecule has 6 rings (SSSR count). The number of hydrogen-bond acceptors (Lipinski definition) is 4. The molecule has 0 saturated carbocycles. The predicted molar refractivity (Wildman–Crippen MR) is 168 cm³/mol. The highest BCUT2D eigenvalue weighted by atomic mass is 32.1. The van der Waals surface area contributed by atoms with Crippen LogP contribution in [0.3, 0.4) is 0 Å². The van der Waals surface area contributed by atoms with Crippen molar-refractivity contribution < 1.29 is 0 Å². The van der Waals surface area contributed by atoms with E-state index in [4.69, 9.17) is 0 Å². The first-order chi connectivity index (χ1) is 17.3. The van der Waals surface area contributed by atoms with Crippen molar-refractivity contribution in [2.45, 2.75) is 78.1 Å². The summed E-state index contributed by atoms with van der Waals surface area (Å²) >= 11 is 8.28. The maximum Gasteiger partial charge on any atom is 0.0589 e. The van der Waals surface area contributed by atoms with Crippen LogP contribution in [-0.4, -0.2) is 0 Å². The van der Waals surface area contributed by atoms with Gasteiger partial charge in [-0.2, -0.15) is 0 Å². The highest BCUT2D eigenvalue weighted by molar-refractivity contribution is 7.72. The molecule has 0 radical (unpaired) electrons. The molecule has 5 heterocycles. The third-order valence-electron chi connectivity index (χ3n) is 7.17. The second-order valence-electron chi connectivity index (χ2n) is 9.69. The normalized spacial score (nSPS) is 12.3. The van der Waals surface area contributed by atoms with E-state index in [1.807, 2.05) is 22.7 Å². The van der Waals surface area contributed by atoms with E-state index in [9.17, 15) is 0 Å². The van der Waals surface area contributed by atoms with Gasteiger partial charge in [0.15, 0.2) is 0 Å². The predicted octanol–water partition coefficient (Wildman–Crippen LogP) is 12.8. The van der Waals surface area contributed by atoms with E-state index in [1.165, 1.54) is 69.5 Å². The molecule has 0 aliphatic rings. The molecule has 35 heavy (non-hydrogen) atoms. The molecule has 0 aliphatic carbocycles. The number of fused-ring (bicyclic) bond motifs is 7. The first-order valence-corrected chi connectivity index (χ1v) is 18.0. The third-order valence-corrected chi connectivity index (χ3v) is 15.4. The number of hydrogen-bond donors (Lipinski definition) is 0. The van der Waals surface area contributed by atoms with Gasteiger partial charge in [0.1, 0.15) is 0 Å². The molecule has 0 N–H and O–H groups in total. The molecule has 0 atom stereocenters. The van der Waals surface area contributed by atoms with E-state index >= 15 is 0 Å². The van der Waals surface area contributed by atoms with Crippen LogP contribution in [0.5, 0.6) is 0 Å². The van der Waals surface area contributed by atoms with Gasteiger partial charge in [0, 0.05) is 19.6 Å². The number of benzene rings is 1. The highest BCUT2D eigenvalue weighted by Gasteiger charge is 2.25. The summed E-state index contributed by atoms with van der Waals surface area (Å²) in [6, 6.07) is 11.4. The summed E-state index contributed by atoms with van der Waals surface area (Å²) in [5.41, 5.74) is 3.22. The second kappa shape index (κ2) is 10.7. The zero-order valence-corrected chi connectivity index (χ0v) is 24.9. The van der Waals surface area contributed by atoms with Crippen molar-refractivity contribution in [1.29, 1.82) is 0 Å². The zero-order valence-electron chi connectivity index (χ0n) is 20.7. The molecule has 5 heteroatoms. The molecular weight excluding hydrogens is 520 g/mol. The van der Waals surface area contributed by atoms with Crippen molar-refractivity contribution in [2.24, 2.45) is 0 Å². The number of thiophene rings is 4. The molecule has 0 spiro atoms. The Kier molecular flexibility index (Phi) is 7.38. The summed E-state index contributed by atoms with van der Waals surface area (Å²) in [5.74, 6) is 0. The summed E-state index contributed by atoms with van der Waals surface area (Å²) in [4.78, 5) is 0. The molecule has 182 valence electrons. The lowest BCUT2D eigenvalue weighted by atomic mass is 10.1. The Hall–Kier alpha value is -1.16. The first-order valence-electron chi connectivity index (χ1n) is 13.2. The van der Waals surface area contributed by atoms with Crippen molar-refractivity contribution in [3.8, 4) is 5.30 Å². The monoisotopic (exact) mass is 552 g/mol. The van der Waals surface area contributed by atoms with Gasteiger partial charge in [-0.05, 0) is 52.9 Å². The molecule has 6 aromatic rings. The molecule has 5 aromatic heterocycles. The Bertz CT molecular complexity index is 1470. The number of rotatable bonds is 11. The Morgan fingerprint density at radius 2 is 1.09 bits per heavy atom. The van der Waals surface area contributed by atoms with Gasteiger partial charge in [-0.25, -0.2) is 0 Å². The van der Waals surface area contributed by atoms with Crippen molar-refractivity contribution in [3.05, 3.63) is 52.2 Å². The van der Waals surface area contributed by atoms with Gasteiger partial charge in [0.25, 0.3) is 0 Å². The molecular formula is C30H33PS4. The van der Waals surface area contributed by atoms with Crippen LogP contribution in [0, 0.1) is 0 Å². The maximum absolute atomic E-state index is 2.48. The minimum atomic E-state index is -0.466. The summed E-state index contributed by atoms with van der Waals surface area (Å²) < 4.78 is 9.61. The molecule has 0 saturated heterocycles. The fraction of sp³-hybridized carbons (Fsp3) is 0.400. The average Bonchev–Trinajstić information content (AvgIpc) is 3.66.